The average molecular weight is 377 g/mol. The smallest absolute Gasteiger partial charge is 0.230 e. The number of thiophene rings is 1. The summed E-state index contributed by atoms with van der Waals surface area (Å²) in [4.78, 5) is 20.9. The molecule has 0 aliphatic carbocycles. The molecule has 1 N–H and O–H groups in total. The molecule has 2 rings (SSSR count). The number of nitrogens with zero attached hydrogens (tertiary/aromatic N) is 2. The Labute approximate surface area is 119 Å². The van der Waals surface area contributed by atoms with E-state index >= 15 is 0 Å². The Kier molecular flexibility index (Phi) is 4.25. The fourth-order valence-corrected chi connectivity index (χ4v) is 2.79. The van der Waals surface area contributed by atoms with Gasteiger partial charge in [-0.15, -0.1) is 11.3 Å². The third-order valence-corrected chi connectivity index (χ3v) is 3.68. The fraction of sp³-hybridized carbons (Fsp3) is 0.100. The van der Waals surface area contributed by atoms with Crippen LogP contribution in [0.25, 0.3) is 0 Å². The number of aromatic nitrogens is 2. The second-order valence-corrected chi connectivity index (χ2v) is 5.73. The van der Waals surface area contributed by atoms with Crippen LogP contribution in [0.1, 0.15) is 4.88 Å². The minimum atomic E-state index is -0.107. The Bertz CT molecular complexity index is 530. The molecule has 88 valence electrons. The molecule has 0 unspecified atom stereocenters. The molecule has 0 aliphatic heterocycles. The van der Waals surface area contributed by atoms with E-state index in [0.29, 0.717) is 21.4 Å². The highest BCUT2D eigenvalue weighted by molar-refractivity contribution is 9.11. The van der Waals surface area contributed by atoms with Crippen LogP contribution >= 0.6 is 43.2 Å². The predicted octanol–water partition coefficient (Wildman–Crippen LogP) is 3.24. The molecule has 1 amide bonds. The standard InChI is InChI=1S/C10H7Br2N3OS/c11-7-5-13-10(9(12)14-7)15-8(16)4-6-2-1-3-17-6/h1-3,5H,4H2,(H,13,15,16). The number of hydrogen-bond donors (Lipinski definition) is 1. The van der Waals surface area contributed by atoms with Crippen LogP contribution in [0.3, 0.4) is 0 Å². The van der Waals surface area contributed by atoms with Crippen LogP contribution in [0.2, 0.25) is 0 Å². The lowest BCUT2D eigenvalue weighted by Gasteiger charge is -2.04. The number of amides is 1. The van der Waals surface area contributed by atoms with E-state index < -0.39 is 0 Å². The number of carbonyl (C=O) groups is 1. The lowest BCUT2D eigenvalue weighted by atomic mass is 10.3. The minimum Gasteiger partial charge on any atom is -0.308 e. The summed E-state index contributed by atoms with van der Waals surface area (Å²) < 4.78 is 1.12. The zero-order valence-electron chi connectivity index (χ0n) is 8.48. The van der Waals surface area contributed by atoms with Gasteiger partial charge in [0.25, 0.3) is 0 Å². The molecule has 0 saturated heterocycles. The van der Waals surface area contributed by atoms with Crippen LogP contribution < -0.4 is 5.32 Å². The first kappa shape index (κ1) is 12.7. The first-order valence-corrected chi connectivity index (χ1v) is 7.12. The maximum atomic E-state index is 11.7. The van der Waals surface area contributed by atoms with Crippen molar-refractivity contribution in [1.82, 2.24) is 9.97 Å². The Morgan fingerprint density at radius 1 is 1.47 bits per heavy atom. The summed E-state index contributed by atoms with van der Waals surface area (Å²) in [6.07, 6.45) is 1.88. The van der Waals surface area contributed by atoms with E-state index in [9.17, 15) is 4.79 Å². The summed E-state index contributed by atoms with van der Waals surface area (Å²) in [7, 11) is 0. The van der Waals surface area contributed by atoms with Crippen LogP contribution in [0.15, 0.2) is 32.9 Å². The van der Waals surface area contributed by atoms with Crippen molar-refractivity contribution in [3.8, 4) is 0 Å². The molecular formula is C10H7Br2N3OS. The van der Waals surface area contributed by atoms with Crippen molar-refractivity contribution in [1.29, 1.82) is 0 Å². The van der Waals surface area contributed by atoms with Gasteiger partial charge in [0, 0.05) is 4.88 Å². The maximum Gasteiger partial charge on any atom is 0.230 e. The summed E-state index contributed by atoms with van der Waals surface area (Å²) in [5, 5.41) is 4.64. The molecule has 0 bridgehead atoms. The molecule has 2 aromatic heterocycles. The van der Waals surface area contributed by atoms with E-state index in [0.717, 1.165) is 4.88 Å². The van der Waals surface area contributed by atoms with Gasteiger partial charge in [-0.1, -0.05) is 6.07 Å². The number of rotatable bonds is 3. The lowest BCUT2D eigenvalue weighted by molar-refractivity contribution is -0.115. The topological polar surface area (TPSA) is 54.9 Å². The molecule has 0 aliphatic rings. The van der Waals surface area contributed by atoms with Crippen LogP contribution in [-0.4, -0.2) is 15.9 Å². The monoisotopic (exact) mass is 375 g/mol. The van der Waals surface area contributed by atoms with Crippen molar-refractivity contribution < 1.29 is 4.79 Å². The van der Waals surface area contributed by atoms with Crippen molar-refractivity contribution in [3.63, 3.8) is 0 Å². The normalized spacial score (nSPS) is 10.2. The predicted molar refractivity (Wildman–Crippen MR) is 74.1 cm³/mol. The van der Waals surface area contributed by atoms with E-state index in [4.69, 9.17) is 0 Å². The van der Waals surface area contributed by atoms with Crippen molar-refractivity contribution in [2.24, 2.45) is 0 Å². The highest BCUT2D eigenvalue weighted by Crippen LogP contribution is 2.19. The minimum absolute atomic E-state index is 0.107. The van der Waals surface area contributed by atoms with Gasteiger partial charge in [0.15, 0.2) is 5.82 Å². The lowest BCUT2D eigenvalue weighted by Crippen LogP contribution is -2.15. The summed E-state index contributed by atoms with van der Waals surface area (Å²) >= 11 is 7.99. The molecule has 17 heavy (non-hydrogen) atoms. The van der Waals surface area contributed by atoms with Gasteiger partial charge in [-0.25, -0.2) is 9.97 Å². The van der Waals surface area contributed by atoms with E-state index in [1.165, 1.54) is 6.20 Å². The maximum absolute atomic E-state index is 11.7. The van der Waals surface area contributed by atoms with Gasteiger partial charge in [0.1, 0.15) is 9.21 Å². The molecule has 2 aromatic rings. The van der Waals surface area contributed by atoms with E-state index in [1.54, 1.807) is 11.3 Å². The molecule has 0 aromatic carbocycles. The first-order valence-electron chi connectivity index (χ1n) is 4.65. The second kappa shape index (κ2) is 5.70. The SMILES string of the molecule is O=C(Cc1cccs1)Nc1ncc(Br)nc1Br. The fourth-order valence-electron chi connectivity index (χ4n) is 1.18. The third-order valence-electron chi connectivity index (χ3n) is 1.87. The molecular weight excluding hydrogens is 370 g/mol. The number of hydrogen-bond acceptors (Lipinski definition) is 4. The summed E-state index contributed by atoms with van der Waals surface area (Å²) in [6, 6.07) is 3.84. The van der Waals surface area contributed by atoms with E-state index in [2.05, 4.69) is 47.1 Å². The molecule has 4 nitrogen and oxygen atoms in total. The highest BCUT2D eigenvalue weighted by Gasteiger charge is 2.09. The van der Waals surface area contributed by atoms with Gasteiger partial charge < -0.3 is 5.32 Å². The summed E-state index contributed by atoms with van der Waals surface area (Å²) in [6.45, 7) is 0. The van der Waals surface area contributed by atoms with Gasteiger partial charge in [-0.3, -0.25) is 4.79 Å². The molecule has 0 radical (unpaired) electrons. The number of anilines is 1. The van der Waals surface area contributed by atoms with Crippen LogP contribution in [0.4, 0.5) is 5.82 Å². The van der Waals surface area contributed by atoms with Gasteiger partial charge in [0.2, 0.25) is 5.91 Å². The number of carbonyl (C=O) groups excluding carboxylic acids is 1. The van der Waals surface area contributed by atoms with Crippen molar-refractivity contribution in [3.05, 3.63) is 37.8 Å². The molecule has 0 saturated carbocycles. The van der Waals surface area contributed by atoms with Crippen LogP contribution in [0, 0.1) is 0 Å². The van der Waals surface area contributed by atoms with Gasteiger partial charge in [0.05, 0.1) is 12.6 Å². The largest absolute Gasteiger partial charge is 0.308 e. The third kappa shape index (κ3) is 3.58. The Balaban J connectivity index is 2.03. The van der Waals surface area contributed by atoms with Gasteiger partial charge >= 0.3 is 0 Å². The Morgan fingerprint density at radius 3 is 2.94 bits per heavy atom. The quantitative estimate of drug-likeness (QED) is 0.894. The Hall–Kier alpha value is -0.790. The molecule has 0 spiro atoms. The molecule has 7 heteroatoms. The zero-order valence-corrected chi connectivity index (χ0v) is 12.5. The van der Waals surface area contributed by atoms with Gasteiger partial charge in [-0.05, 0) is 43.3 Å². The van der Waals surface area contributed by atoms with Crippen LogP contribution in [0.5, 0.6) is 0 Å². The van der Waals surface area contributed by atoms with E-state index in [1.807, 2.05) is 17.5 Å². The van der Waals surface area contributed by atoms with Gasteiger partial charge in [-0.2, -0.15) is 0 Å². The average Bonchev–Trinajstić information content (AvgIpc) is 2.75. The van der Waals surface area contributed by atoms with E-state index in [-0.39, 0.29) is 5.91 Å². The Morgan fingerprint density at radius 2 is 2.29 bits per heavy atom. The summed E-state index contributed by atoms with van der Waals surface area (Å²) in [5.74, 6) is 0.319. The number of halogens is 2. The zero-order chi connectivity index (χ0) is 12.3. The van der Waals surface area contributed by atoms with Crippen molar-refractivity contribution in [2.45, 2.75) is 6.42 Å². The van der Waals surface area contributed by atoms with Crippen molar-refractivity contribution >= 4 is 54.9 Å². The van der Waals surface area contributed by atoms with Crippen LogP contribution in [-0.2, 0) is 11.2 Å². The highest BCUT2D eigenvalue weighted by atomic mass is 79.9. The second-order valence-electron chi connectivity index (χ2n) is 3.14. The molecule has 0 atom stereocenters. The molecule has 0 fully saturated rings. The summed E-state index contributed by atoms with van der Waals surface area (Å²) in [5.41, 5.74) is 0. The first-order chi connectivity index (χ1) is 8.15. The van der Waals surface area contributed by atoms with Crippen molar-refractivity contribution in [2.75, 3.05) is 5.32 Å². The molecule has 2 heterocycles. The number of nitrogens with one attached hydrogen (secondary N) is 1.